The van der Waals surface area contributed by atoms with Crippen LogP contribution in [0.15, 0.2) is 36.8 Å². The summed E-state index contributed by atoms with van der Waals surface area (Å²) < 4.78 is 42.1. The Labute approximate surface area is 146 Å². The van der Waals surface area contributed by atoms with Gasteiger partial charge in [0.15, 0.2) is 5.82 Å². The van der Waals surface area contributed by atoms with Crippen LogP contribution in [0.3, 0.4) is 0 Å². The van der Waals surface area contributed by atoms with Crippen LogP contribution < -0.4 is 5.32 Å². The van der Waals surface area contributed by atoms with E-state index in [0.29, 0.717) is 18.7 Å². The minimum absolute atomic E-state index is 0.0452. The van der Waals surface area contributed by atoms with Crippen LogP contribution in [0.25, 0.3) is 17.0 Å². The molecule has 2 amide bonds. The number of imidazole rings is 1. The predicted molar refractivity (Wildman–Crippen MR) is 88.4 cm³/mol. The highest BCUT2D eigenvalue weighted by molar-refractivity contribution is 5.90. The first-order valence-corrected chi connectivity index (χ1v) is 8.00. The van der Waals surface area contributed by atoms with Crippen molar-refractivity contribution < 1.29 is 18.0 Å². The number of anilines is 1. The smallest absolute Gasteiger partial charge is 0.321 e. The fourth-order valence-corrected chi connectivity index (χ4v) is 2.89. The summed E-state index contributed by atoms with van der Waals surface area (Å²) in [4.78, 5) is 21.5. The van der Waals surface area contributed by atoms with Gasteiger partial charge in [0.1, 0.15) is 12.0 Å². The summed E-state index contributed by atoms with van der Waals surface area (Å²) in [6.07, 6.45) is 2.95. The number of aromatic nitrogens is 3. The second kappa shape index (κ2) is 6.32. The predicted octanol–water partition coefficient (Wildman–Crippen LogP) is 3.25. The van der Waals surface area contributed by atoms with Gasteiger partial charge in [0.05, 0.1) is 18.4 Å². The number of halogens is 3. The van der Waals surface area contributed by atoms with E-state index in [1.165, 1.54) is 39.9 Å². The molecular formula is C17H14F3N5O. The van der Waals surface area contributed by atoms with Crippen LogP contribution in [-0.2, 0) is 0 Å². The molecule has 0 saturated carbocycles. The SMILES string of the molecule is O=C(Nc1ccc(F)c(-c2cn3cc(F)cnc3n2)c1)N1CC[C@@H](F)C1. The van der Waals surface area contributed by atoms with Crippen LogP contribution in [0.5, 0.6) is 0 Å². The van der Waals surface area contributed by atoms with Gasteiger partial charge in [-0.25, -0.2) is 27.9 Å². The second-order valence-corrected chi connectivity index (χ2v) is 6.06. The van der Waals surface area contributed by atoms with Crippen LogP contribution in [-0.4, -0.2) is 44.6 Å². The Morgan fingerprint density at radius 3 is 2.88 bits per heavy atom. The molecule has 134 valence electrons. The monoisotopic (exact) mass is 361 g/mol. The van der Waals surface area contributed by atoms with Gasteiger partial charge in [-0.1, -0.05) is 0 Å². The summed E-state index contributed by atoms with van der Waals surface area (Å²) in [7, 11) is 0. The number of nitrogens with one attached hydrogen (secondary N) is 1. The molecule has 0 unspecified atom stereocenters. The Kier molecular flexibility index (Phi) is 3.98. The van der Waals surface area contributed by atoms with Crippen LogP contribution in [0.2, 0.25) is 0 Å². The summed E-state index contributed by atoms with van der Waals surface area (Å²) in [5.41, 5.74) is 0.741. The molecule has 3 heterocycles. The lowest BCUT2D eigenvalue weighted by Gasteiger charge is -2.16. The van der Waals surface area contributed by atoms with E-state index in [2.05, 4.69) is 15.3 Å². The molecule has 4 rings (SSSR count). The van der Waals surface area contributed by atoms with Gasteiger partial charge in [-0.3, -0.25) is 4.40 Å². The number of carbonyl (C=O) groups excluding carboxylic acids is 1. The number of alkyl halides is 1. The molecule has 0 bridgehead atoms. The summed E-state index contributed by atoms with van der Waals surface area (Å²) in [6, 6.07) is 3.59. The number of likely N-dealkylation sites (tertiary alicyclic amines) is 1. The van der Waals surface area contributed by atoms with Gasteiger partial charge in [-0.05, 0) is 24.6 Å². The maximum absolute atomic E-state index is 14.2. The number of amides is 2. The fourth-order valence-electron chi connectivity index (χ4n) is 2.89. The van der Waals surface area contributed by atoms with E-state index in [-0.39, 0.29) is 23.6 Å². The van der Waals surface area contributed by atoms with Crippen LogP contribution in [0.4, 0.5) is 23.7 Å². The molecule has 1 aliphatic rings. The molecule has 3 aromatic rings. The molecule has 2 aromatic heterocycles. The summed E-state index contributed by atoms with van der Waals surface area (Å²) >= 11 is 0. The van der Waals surface area contributed by atoms with Crippen molar-refractivity contribution in [1.82, 2.24) is 19.3 Å². The fraction of sp³-hybridized carbons (Fsp3) is 0.235. The first-order valence-electron chi connectivity index (χ1n) is 8.00. The number of benzene rings is 1. The number of carbonyl (C=O) groups is 1. The lowest BCUT2D eigenvalue weighted by Crippen LogP contribution is -2.33. The van der Waals surface area contributed by atoms with E-state index in [0.717, 1.165) is 6.20 Å². The summed E-state index contributed by atoms with van der Waals surface area (Å²) in [5, 5.41) is 2.63. The van der Waals surface area contributed by atoms with Gasteiger partial charge in [-0.15, -0.1) is 0 Å². The quantitative estimate of drug-likeness (QED) is 0.762. The van der Waals surface area contributed by atoms with Gasteiger partial charge >= 0.3 is 6.03 Å². The van der Waals surface area contributed by atoms with Crippen LogP contribution >= 0.6 is 0 Å². The molecule has 0 spiro atoms. The number of nitrogens with zero attached hydrogens (tertiary/aromatic N) is 4. The van der Waals surface area contributed by atoms with Gasteiger partial charge in [-0.2, -0.15) is 0 Å². The van der Waals surface area contributed by atoms with Crippen molar-refractivity contribution in [2.75, 3.05) is 18.4 Å². The average molecular weight is 361 g/mol. The lowest BCUT2D eigenvalue weighted by atomic mass is 10.1. The van der Waals surface area contributed by atoms with E-state index in [4.69, 9.17) is 0 Å². The highest BCUT2D eigenvalue weighted by Gasteiger charge is 2.26. The number of rotatable bonds is 2. The lowest BCUT2D eigenvalue weighted by molar-refractivity contribution is 0.218. The minimum atomic E-state index is -1.02. The van der Waals surface area contributed by atoms with Crippen molar-refractivity contribution in [3.8, 4) is 11.3 Å². The minimum Gasteiger partial charge on any atom is -0.322 e. The second-order valence-electron chi connectivity index (χ2n) is 6.06. The number of fused-ring (bicyclic) bond motifs is 1. The highest BCUT2D eigenvalue weighted by atomic mass is 19.1. The molecule has 1 fully saturated rings. The average Bonchev–Trinajstić information content (AvgIpc) is 3.22. The summed E-state index contributed by atoms with van der Waals surface area (Å²) in [5.74, 6) is -0.863. The van der Waals surface area contributed by atoms with Crippen LogP contribution in [0.1, 0.15) is 6.42 Å². The molecule has 1 aromatic carbocycles. The van der Waals surface area contributed by atoms with Crippen molar-refractivity contribution in [2.45, 2.75) is 12.6 Å². The third-order valence-electron chi connectivity index (χ3n) is 4.19. The van der Waals surface area contributed by atoms with Crippen molar-refractivity contribution in [3.05, 3.63) is 48.4 Å². The Balaban J connectivity index is 1.62. The van der Waals surface area contributed by atoms with Gasteiger partial charge in [0, 0.05) is 30.2 Å². The largest absolute Gasteiger partial charge is 0.322 e. The maximum atomic E-state index is 14.2. The molecule has 1 N–H and O–H groups in total. The first-order chi connectivity index (χ1) is 12.5. The Morgan fingerprint density at radius 1 is 1.27 bits per heavy atom. The molecule has 9 heteroatoms. The molecular weight excluding hydrogens is 347 g/mol. The van der Waals surface area contributed by atoms with E-state index >= 15 is 0 Å². The Morgan fingerprint density at radius 2 is 2.12 bits per heavy atom. The van der Waals surface area contributed by atoms with E-state index < -0.39 is 23.8 Å². The van der Waals surface area contributed by atoms with E-state index in [1.807, 2.05) is 0 Å². The zero-order valence-electron chi connectivity index (χ0n) is 13.5. The van der Waals surface area contributed by atoms with E-state index in [9.17, 15) is 18.0 Å². The molecule has 0 radical (unpaired) electrons. The first kappa shape index (κ1) is 16.4. The number of urea groups is 1. The van der Waals surface area contributed by atoms with Gasteiger partial charge in [0.2, 0.25) is 5.78 Å². The topological polar surface area (TPSA) is 62.5 Å². The summed E-state index contributed by atoms with van der Waals surface area (Å²) in [6.45, 7) is 0.383. The zero-order valence-corrected chi connectivity index (χ0v) is 13.5. The zero-order chi connectivity index (χ0) is 18.3. The van der Waals surface area contributed by atoms with Crippen molar-refractivity contribution in [2.24, 2.45) is 0 Å². The van der Waals surface area contributed by atoms with Crippen LogP contribution in [0, 0.1) is 11.6 Å². The van der Waals surface area contributed by atoms with Crippen molar-refractivity contribution in [1.29, 1.82) is 0 Å². The Bertz CT molecular complexity index is 990. The normalized spacial score (nSPS) is 17.0. The molecule has 0 aliphatic carbocycles. The standard InChI is InChI=1S/C17H14F3N5O/c18-10-3-4-24(7-10)17(26)22-12-1-2-14(20)13(5-12)15-9-25-8-11(19)6-21-16(25)23-15/h1-2,5-6,8-10H,3-4,7H2,(H,22,26)/t10-/m1/s1. The molecule has 6 nitrogen and oxygen atoms in total. The van der Waals surface area contributed by atoms with Crippen molar-refractivity contribution in [3.63, 3.8) is 0 Å². The number of hydrogen-bond acceptors (Lipinski definition) is 3. The van der Waals surface area contributed by atoms with Gasteiger partial charge < -0.3 is 10.2 Å². The number of hydrogen-bond donors (Lipinski definition) is 1. The third-order valence-corrected chi connectivity index (χ3v) is 4.19. The van der Waals surface area contributed by atoms with Crippen molar-refractivity contribution >= 4 is 17.5 Å². The Hall–Kier alpha value is -3.10. The highest BCUT2D eigenvalue weighted by Crippen LogP contribution is 2.26. The maximum Gasteiger partial charge on any atom is 0.321 e. The van der Waals surface area contributed by atoms with E-state index in [1.54, 1.807) is 0 Å². The molecule has 1 atom stereocenters. The third kappa shape index (κ3) is 3.07. The molecule has 1 saturated heterocycles. The van der Waals surface area contributed by atoms with Gasteiger partial charge in [0.25, 0.3) is 0 Å². The molecule has 1 aliphatic heterocycles. The molecule has 26 heavy (non-hydrogen) atoms.